The van der Waals surface area contributed by atoms with Crippen LogP contribution in [0.5, 0.6) is 0 Å². The molecule has 0 heterocycles. The number of hydrogen-bond donors (Lipinski definition) is 1. The van der Waals surface area contributed by atoms with Crippen molar-refractivity contribution in [3.05, 3.63) is 71.5 Å². The lowest BCUT2D eigenvalue weighted by atomic mass is 10.1. The molecular weight excluding hydrogens is 331 g/mol. The topological polar surface area (TPSA) is 49.4 Å². The molecule has 4 nitrogen and oxygen atoms in total. The van der Waals surface area contributed by atoms with E-state index in [0.717, 1.165) is 5.56 Å². The summed E-state index contributed by atoms with van der Waals surface area (Å²) in [5, 5.41) is 2.82. The molecule has 2 unspecified atom stereocenters. The maximum Gasteiger partial charge on any atom is 0.226 e. The first-order chi connectivity index (χ1) is 12.6. The molecule has 136 valence electrons. The van der Waals surface area contributed by atoms with Crippen molar-refractivity contribution in [1.82, 2.24) is 10.2 Å². The summed E-state index contributed by atoms with van der Waals surface area (Å²) >= 11 is 0. The van der Waals surface area contributed by atoms with E-state index >= 15 is 0 Å². The Morgan fingerprint density at radius 1 is 1.08 bits per heavy atom. The lowest BCUT2D eigenvalue weighted by molar-refractivity contribution is -0.134. The Hall–Kier alpha value is -2.69. The molecule has 3 rings (SSSR count). The molecule has 0 radical (unpaired) electrons. The Morgan fingerprint density at radius 3 is 2.50 bits per heavy atom. The molecule has 1 N–H and O–H groups in total. The van der Waals surface area contributed by atoms with Gasteiger partial charge in [-0.25, -0.2) is 4.39 Å². The summed E-state index contributed by atoms with van der Waals surface area (Å²) in [6.45, 7) is 0.912. The largest absolute Gasteiger partial charge is 0.356 e. The minimum absolute atomic E-state index is 0.00288. The molecule has 26 heavy (non-hydrogen) atoms. The molecule has 2 aromatic rings. The Morgan fingerprint density at radius 2 is 1.77 bits per heavy atom. The lowest BCUT2D eigenvalue weighted by Gasteiger charge is -2.17. The molecule has 0 saturated heterocycles. The van der Waals surface area contributed by atoms with E-state index in [2.05, 4.69) is 5.32 Å². The third kappa shape index (κ3) is 4.48. The number of carbonyl (C=O) groups is 2. The van der Waals surface area contributed by atoms with Gasteiger partial charge >= 0.3 is 0 Å². The summed E-state index contributed by atoms with van der Waals surface area (Å²) in [5.74, 6) is -0.877. The SMILES string of the molecule is CN(Cc1ccccc1)C(=O)C1CC1C(=O)NCCc1ccccc1F. The Bertz CT molecular complexity index is 779. The van der Waals surface area contributed by atoms with Crippen LogP contribution in [0.3, 0.4) is 0 Å². The summed E-state index contributed by atoms with van der Waals surface area (Å²) in [6.07, 6.45) is 1.03. The van der Waals surface area contributed by atoms with Gasteiger partial charge in [-0.1, -0.05) is 48.5 Å². The number of nitrogens with one attached hydrogen (secondary N) is 1. The normalized spacial score (nSPS) is 18.2. The maximum atomic E-state index is 13.6. The van der Waals surface area contributed by atoms with Crippen LogP contribution in [-0.2, 0) is 22.6 Å². The predicted octanol–water partition coefficient (Wildman–Crippen LogP) is 2.78. The van der Waals surface area contributed by atoms with Crippen molar-refractivity contribution in [3.63, 3.8) is 0 Å². The van der Waals surface area contributed by atoms with Crippen molar-refractivity contribution in [2.45, 2.75) is 19.4 Å². The fraction of sp³-hybridized carbons (Fsp3) is 0.333. The van der Waals surface area contributed by atoms with Gasteiger partial charge in [0.05, 0.1) is 11.8 Å². The van der Waals surface area contributed by atoms with Gasteiger partial charge in [-0.05, 0) is 30.0 Å². The van der Waals surface area contributed by atoms with E-state index < -0.39 is 0 Å². The zero-order chi connectivity index (χ0) is 18.5. The number of hydrogen-bond acceptors (Lipinski definition) is 2. The van der Waals surface area contributed by atoms with Crippen LogP contribution in [0.25, 0.3) is 0 Å². The minimum Gasteiger partial charge on any atom is -0.356 e. The summed E-state index contributed by atoms with van der Waals surface area (Å²) in [7, 11) is 1.76. The van der Waals surface area contributed by atoms with E-state index in [-0.39, 0.29) is 29.5 Å². The van der Waals surface area contributed by atoms with E-state index in [1.165, 1.54) is 6.07 Å². The van der Waals surface area contributed by atoms with Crippen molar-refractivity contribution >= 4 is 11.8 Å². The van der Waals surface area contributed by atoms with Crippen LogP contribution in [-0.4, -0.2) is 30.3 Å². The highest BCUT2D eigenvalue weighted by atomic mass is 19.1. The van der Waals surface area contributed by atoms with Gasteiger partial charge in [-0.15, -0.1) is 0 Å². The van der Waals surface area contributed by atoms with Gasteiger partial charge in [0.2, 0.25) is 11.8 Å². The second-order valence-corrected chi connectivity index (χ2v) is 6.76. The summed E-state index contributed by atoms with van der Waals surface area (Å²) in [6, 6.07) is 16.3. The van der Waals surface area contributed by atoms with Crippen LogP contribution in [0, 0.1) is 17.7 Å². The van der Waals surface area contributed by atoms with Gasteiger partial charge in [0, 0.05) is 20.1 Å². The number of benzene rings is 2. The molecule has 0 bridgehead atoms. The Balaban J connectivity index is 1.43. The molecule has 1 saturated carbocycles. The average molecular weight is 354 g/mol. The smallest absolute Gasteiger partial charge is 0.226 e. The molecule has 1 fully saturated rings. The zero-order valence-electron chi connectivity index (χ0n) is 14.8. The Labute approximate surface area is 153 Å². The first-order valence-corrected chi connectivity index (χ1v) is 8.86. The number of halogens is 1. The van der Waals surface area contributed by atoms with Crippen molar-refractivity contribution in [3.8, 4) is 0 Å². The number of carbonyl (C=O) groups excluding carboxylic acids is 2. The van der Waals surface area contributed by atoms with Crippen molar-refractivity contribution in [2.75, 3.05) is 13.6 Å². The summed E-state index contributed by atoms with van der Waals surface area (Å²) < 4.78 is 13.6. The van der Waals surface area contributed by atoms with Crippen molar-refractivity contribution in [1.29, 1.82) is 0 Å². The molecule has 2 aromatic carbocycles. The molecule has 1 aliphatic carbocycles. The van der Waals surface area contributed by atoms with Crippen molar-refractivity contribution < 1.29 is 14.0 Å². The van der Waals surface area contributed by atoms with Gasteiger partial charge in [0.1, 0.15) is 5.82 Å². The third-order valence-electron chi connectivity index (χ3n) is 4.73. The van der Waals surface area contributed by atoms with E-state index in [1.807, 2.05) is 30.3 Å². The van der Waals surface area contributed by atoms with E-state index in [0.29, 0.717) is 31.5 Å². The standard InChI is InChI=1S/C21H23FN2O2/c1-24(14-15-7-3-2-4-8-15)21(26)18-13-17(18)20(25)23-12-11-16-9-5-6-10-19(16)22/h2-10,17-18H,11-14H2,1H3,(H,23,25). The third-order valence-corrected chi connectivity index (χ3v) is 4.73. The van der Waals surface area contributed by atoms with Crippen LogP contribution >= 0.6 is 0 Å². The zero-order valence-corrected chi connectivity index (χ0v) is 14.8. The average Bonchev–Trinajstić information content (AvgIpc) is 3.44. The number of rotatable bonds is 7. The second kappa shape index (κ2) is 8.13. The first-order valence-electron chi connectivity index (χ1n) is 8.86. The predicted molar refractivity (Wildman–Crippen MR) is 97.6 cm³/mol. The highest BCUT2D eigenvalue weighted by Gasteiger charge is 2.48. The minimum atomic E-state index is -0.263. The quantitative estimate of drug-likeness (QED) is 0.831. The van der Waals surface area contributed by atoms with Gasteiger partial charge in [-0.2, -0.15) is 0 Å². The van der Waals surface area contributed by atoms with Gasteiger partial charge in [0.15, 0.2) is 0 Å². The molecule has 5 heteroatoms. The maximum absolute atomic E-state index is 13.6. The highest BCUT2D eigenvalue weighted by Crippen LogP contribution is 2.40. The highest BCUT2D eigenvalue weighted by molar-refractivity contribution is 5.92. The first kappa shape index (κ1) is 18.1. The van der Waals surface area contributed by atoms with Gasteiger partial charge < -0.3 is 10.2 Å². The monoisotopic (exact) mass is 354 g/mol. The van der Waals surface area contributed by atoms with Crippen LogP contribution in [0.15, 0.2) is 54.6 Å². The second-order valence-electron chi connectivity index (χ2n) is 6.76. The molecule has 2 amide bonds. The lowest BCUT2D eigenvalue weighted by Crippen LogP contribution is -2.32. The fourth-order valence-corrected chi connectivity index (χ4v) is 3.13. The number of nitrogens with zero attached hydrogens (tertiary/aromatic N) is 1. The van der Waals surface area contributed by atoms with Crippen molar-refractivity contribution in [2.24, 2.45) is 11.8 Å². The molecule has 0 aromatic heterocycles. The molecule has 0 aliphatic heterocycles. The van der Waals surface area contributed by atoms with E-state index in [4.69, 9.17) is 0 Å². The fourth-order valence-electron chi connectivity index (χ4n) is 3.13. The summed E-state index contributed by atoms with van der Waals surface area (Å²) in [5.41, 5.74) is 1.65. The number of amides is 2. The van der Waals surface area contributed by atoms with Gasteiger partial charge in [0.25, 0.3) is 0 Å². The van der Waals surface area contributed by atoms with E-state index in [1.54, 1.807) is 30.1 Å². The molecule has 0 spiro atoms. The van der Waals surface area contributed by atoms with Crippen LogP contribution in [0.4, 0.5) is 4.39 Å². The molecular formula is C21H23FN2O2. The summed E-state index contributed by atoms with van der Waals surface area (Å²) in [4.78, 5) is 26.3. The molecule has 1 aliphatic rings. The van der Waals surface area contributed by atoms with Crippen LogP contribution < -0.4 is 5.32 Å². The van der Waals surface area contributed by atoms with Crippen LogP contribution in [0.2, 0.25) is 0 Å². The van der Waals surface area contributed by atoms with E-state index in [9.17, 15) is 14.0 Å². The molecule has 2 atom stereocenters. The van der Waals surface area contributed by atoms with Gasteiger partial charge in [-0.3, -0.25) is 9.59 Å². The van der Waals surface area contributed by atoms with Crippen LogP contribution in [0.1, 0.15) is 17.5 Å². The Kier molecular flexibility index (Phi) is 5.66.